The summed E-state index contributed by atoms with van der Waals surface area (Å²) in [5, 5.41) is 6.59. The van der Waals surface area contributed by atoms with Gasteiger partial charge in [-0.2, -0.15) is 5.10 Å². The topological polar surface area (TPSA) is 99.5 Å². The Labute approximate surface area is 144 Å². The number of ether oxygens (including phenoxy) is 2. The molecule has 2 aromatic rings. The number of hydrogen-bond acceptors (Lipinski definition) is 6. The summed E-state index contributed by atoms with van der Waals surface area (Å²) in [4.78, 5) is 36.1. The van der Waals surface area contributed by atoms with E-state index in [9.17, 15) is 14.4 Å². The number of hydrogen-bond donors (Lipinski definition) is 1. The lowest BCUT2D eigenvalue weighted by atomic mass is 10.1. The van der Waals surface area contributed by atoms with Gasteiger partial charge in [0.2, 0.25) is 0 Å². The molecular weight excluding hydrogens is 326 g/mol. The zero-order valence-electron chi connectivity index (χ0n) is 14.2. The van der Waals surface area contributed by atoms with Crippen molar-refractivity contribution in [2.75, 3.05) is 20.8 Å². The number of benzene rings is 1. The number of carbonyl (C=O) groups excluding carboxylic acids is 2. The maximum atomic E-state index is 12.4. The van der Waals surface area contributed by atoms with Crippen molar-refractivity contribution >= 4 is 11.9 Å². The van der Waals surface area contributed by atoms with Gasteiger partial charge in [-0.15, -0.1) is 0 Å². The molecule has 1 amide bonds. The Morgan fingerprint density at radius 3 is 2.48 bits per heavy atom. The van der Waals surface area contributed by atoms with Gasteiger partial charge in [0, 0.05) is 12.6 Å². The molecule has 8 nitrogen and oxygen atoms in total. The van der Waals surface area contributed by atoms with E-state index in [0.29, 0.717) is 17.0 Å². The molecular formula is C17H19N3O5. The quantitative estimate of drug-likeness (QED) is 0.779. The molecule has 0 fully saturated rings. The number of carbonyl (C=O) groups is 2. The van der Waals surface area contributed by atoms with Crippen molar-refractivity contribution in [2.45, 2.75) is 13.5 Å². The molecule has 8 heteroatoms. The van der Waals surface area contributed by atoms with E-state index in [1.807, 2.05) is 0 Å². The number of nitrogens with zero attached hydrogens (tertiary/aromatic N) is 2. The van der Waals surface area contributed by atoms with Crippen LogP contribution in [0.5, 0.6) is 5.75 Å². The Bertz CT molecular complexity index is 827. The first-order valence-electron chi connectivity index (χ1n) is 7.64. The molecule has 0 bridgehead atoms. The van der Waals surface area contributed by atoms with Crippen LogP contribution < -0.4 is 15.6 Å². The van der Waals surface area contributed by atoms with Crippen LogP contribution in [0.15, 0.2) is 35.1 Å². The minimum absolute atomic E-state index is 0.104. The van der Waals surface area contributed by atoms with Crippen molar-refractivity contribution in [3.05, 3.63) is 46.2 Å². The minimum atomic E-state index is -0.662. The fraction of sp³-hybridized carbons (Fsp3) is 0.294. The molecule has 0 saturated carbocycles. The molecule has 0 spiro atoms. The summed E-state index contributed by atoms with van der Waals surface area (Å²) in [6.07, 6.45) is 0. The van der Waals surface area contributed by atoms with E-state index in [0.717, 1.165) is 4.68 Å². The van der Waals surface area contributed by atoms with Crippen molar-refractivity contribution < 1.29 is 19.1 Å². The second-order valence-electron chi connectivity index (χ2n) is 5.02. The van der Waals surface area contributed by atoms with E-state index >= 15 is 0 Å². The molecule has 2 rings (SSSR count). The molecule has 0 aliphatic rings. The molecule has 25 heavy (non-hydrogen) atoms. The molecule has 1 N–H and O–H groups in total. The van der Waals surface area contributed by atoms with Crippen LogP contribution in [0.25, 0.3) is 11.3 Å². The molecule has 1 aromatic heterocycles. The number of aromatic nitrogens is 2. The van der Waals surface area contributed by atoms with E-state index in [1.165, 1.54) is 13.1 Å². The molecule has 0 aliphatic heterocycles. The van der Waals surface area contributed by atoms with Gasteiger partial charge in [-0.1, -0.05) is 0 Å². The zero-order valence-corrected chi connectivity index (χ0v) is 14.2. The minimum Gasteiger partial charge on any atom is -0.497 e. The van der Waals surface area contributed by atoms with Gasteiger partial charge in [0.15, 0.2) is 0 Å². The Hall–Kier alpha value is -3.16. The third-order valence-corrected chi connectivity index (χ3v) is 3.42. The Morgan fingerprint density at radius 2 is 1.92 bits per heavy atom. The molecule has 0 atom stereocenters. The lowest BCUT2D eigenvalue weighted by molar-refractivity contribution is -0.144. The highest BCUT2D eigenvalue weighted by Crippen LogP contribution is 2.20. The van der Waals surface area contributed by atoms with E-state index in [4.69, 9.17) is 9.47 Å². The molecule has 132 valence electrons. The van der Waals surface area contributed by atoms with Crippen molar-refractivity contribution in [1.82, 2.24) is 15.1 Å². The number of nitrogens with one attached hydrogen (secondary N) is 1. The monoisotopic (exact) mass is 345 g/mol. The van der Waals surface area contributed by atoms with Gasteiger partial charge < -0.3 is 14.8 Å². The van der Waals surface area contributed by atoms with Gasteiger partial charge in [0.25, 0.3) is 11.5 Å². The Morgan fingerprint density at radius 1 is 1.24 bits per heavy atom. The summed E-state index contributed by atoms with van der Waals surface area (Å²) in [7, 11) is 2.97. The highest BCUT2D eigenvalue weighted by Gasteiger charge is 2.17. The zero-order chi connectivity index (χ0) is 18.4. The molecule has 1 aromatic carbocycles. The number of methoxy groups -OCH3 is 1. The van der Waals surface area contributed by atoms with Gasteiger partial charge in [-0.3, -0.25) is 14.4 Å². The lowest BCUT2D eigenvalue weighted by Gasteiger charge is -2.10. The predicted octanol–water partition coefficient (Wildman–Crippen LogP) is 0.842. The number of amides is 1. The van der Waals surface area contributed by atoms with Gasteiger partial charge in [0.1, 0.15) is 17.9 Å². The van der Waals surface area contributed by atoms with Crippen LogP contribution in [0.2, 0.25) is 0 Å². The van der Waals surface area contributed by atoms with Gasteiger partial charge in [-0.25, -0.2) is 4.68 Å². The summed E-state index contributed by atoms with van der Waals surface area (Å²) >= 11 is 0. The van der Waals surface area contributed by atoms with Crippen LogP contribution in [0.1, 0.15) is 17.3 Å². The first-order chi connectivity index (χ1) is 12.0. The smallest absolute Gasteiger partial charge is 0.327 e. The van der Waals surface area contributed by atoms with E-state index in [-0.39, 0.29) is 18.7 Å². The SMILES string of the molecule is CCOC(=O)Cn1nc(-c2ccc(OC)cc2)cc(C(=O)NC)c1=O. The van der Waals surface area contributed by atoms with E-state index in [1.54, 1.807) is 38.3 Å². The highest BCUT2D eigenvalue weighted by molar-refractivity contribution is 5.94. The Balaban J connectivity index is 2.53. The van der Waals surface area contributed by atoms with Gasteiger partial charge in [-0.05, 0) is 37.3 Å². The molecule has 0 saturated heterocycles. The van der Waals surface area contributed by atoms with Crippen LogP contribution >= 0.6 is 0 Å². The summed E-state index contributed by atoms with van der Waals surface area (Å²) in [6, 6.07) is 8.35. The second kappa shape index (κ2) is 8.09. The fourth-order valence-corrected chi connectivity index (χ4v) is 2.18. The normalized spacial score (nSPS) is 10.2. The summed E-state index contributed by atoms with van der Waals surface area (Å²) < 4.78 is 10.9. The van der Waals surface area contributed by atoms with Crippen LogP contribution in [0.4, 0.5) is 0 Å². The fourth-order valence-electron chi connectivity index (χ4n) is 2.18. The third-order valence-electron chi connectivity index (χ3n) is 3.42. The van der Waals surface area contributed by atoms with Gasteiger partial charge in [0.05, 0.1) is 19.4 Å². The van der Waals surface area contributed by atoms with Crippen molar-refractivity contribution in [2.24, 2.45) is 0 Å². The van der Waals surface area contributed by atoms with Crippen LogP contribution in [-0.4, -0.2) is 42.4 Å². The molecule has 0 aliphatic carbocycles. The number of esters is 1. The van der Waals surface area contributed by atoms with Crippen LogP contribution in [0, 0.1) is 0 Å². The first kappa shape index (κ1) is 18.2. The predicted molar refractivity (Wildman–Crippen MR) is 90.5 cm³/mol. The largest absolute Gasteiger partial charge is 0.497 e. The van der Waals surface area contributed by atoms with Crippen molar-refractivity contribution in [1.29, 1.82) is 0 Å². The Kier molecular flexibility index (Phi) is 5.89. The summed E-state index contributed by atoms with van der Waals surface area (Å²) in [5.74, 6) is -0.498. The average molecular weight is 345 g/mol. The van der Waals surface area contributed by atoms with E-state index in [2.05, 4.69) is 10.4 Å². The highest BCUT2D eigenvalue weighted by atomic mass is 16.5. The maximum Gasteiger partial charge on any atom is 0.327 e. The van der Waals surface area contributed by atoms with Crippen LogP contribution in [-0.2, 0) is 16.1 Å². The second-order valence-corrected chi connectivity index (χ2v) is 5.02. The van der Waals surface area contributed by atoms with E-state index < -0.39 is 17.4 Å². The first-order valence-corrected chi connectivity index (χ1v) is 7.64. The summed E-state index contributed by atoms with van der Waals surface area (Å²) in [6.45, 7) is 1.48. The van der Waals surface area contributed by atoms with Crippen LogP contribution in [0.3, 0.4) is 0 Å². The lowest BCUT2D eigenvalue weighted by Crippen LogP contribution is -2.35. The molecule has 0 radical (unpaired) electrons. The average Bonchev–Trinajstić information content (AvgIpc) is 2.63. The van der Waals surface area contributed by atoms with Gasteiger partial charge >= 0.3 is 5.97 Å². The van der Waals surface area contributed by atoms with Crippen molar-refractivity contribution in [3.63, 3.8) is 0 Å². The molecule has 0 unspecified atom stereocenters. The number of rotatable bonds is 6. The third kappa shape index (κ3) is 4.23. The summed E-state index contributed by atoms with van der Waals surface area (Å²) in [5.41, 5.74) is 0.283. The standard InChI is InChI=1S/C17H19N3O5/c1-4-25-15(21)10-20-17(23)13(16(22)18-2)9-14(19-20)11-5-7-12(24-3)8-6-11/h5-9H,4,10H2,1-3H3,(H,18,22). The van der Waals surface area contributed by atoms with Crippen molar-refractivity contribution in [3.8, 4) is 17.0 Å². The molecule has 1 heterocycles. The maximum absolute atomic E-state index is 12.4.